The van der Waals surface area contributed by atoms with Crippen molar-refractivity contribution in [3.63, 3.8) is 0 Å². The Morgan fingerprint density at radius 1 is 1.33 bits per heavy atom. The highest BCUT2D eigenvalue weighted by atomic mass is 35.5. The van der Waals surface area contributed by atoms with Gasteiger partial charge >= 0.3 is 0 Å². The molecular weight excluding hydrogens is 364 g/mol. The van der Waals surface area contributed by atoms with Gasteiger partial charge in [0.2, 0.25) is 5.88 Å². The number of aryl methyl sites for hydroxylation is 1. The van der Waals surface area contributed by atoms with Crippen LogP contribution in [0.25, 0.3) is 0 Å². The van der Waals surface area contributed by atoms with Crippen LogP contribution in [-0.4, -0.2) is 25.2 Å². The lowest BCUT2D eigenvalue weighted by atomic mass is 9.84. The summed E-state index contributed by atoms with van der Waals surface area (Å²) < 4.78 is 7.37. The molecule has 140 valence electrons. The van der Waals surface area contributed by atoms with Crippen LogP contribution >= 0.6 is 11.6 Å². The number of quaternary nitrogens is 1. The number of benzene rings is 1. The predicted octanol–water partition coefficient (Wildman–Crippen LogP) is 1.17. The number of pyridine rings is 1. The van der Waals surface area contributed by atoms with Crippen molar-refractivity contribution in [3.8, 4) is 11.8 Å². The number of likely N-dealkylation sites (N-methyl/N-ethyl adjacent to an activating group) is 1. The van der Waals surface area contributed by atoms with Crippen LogP contribution in [0.3, 0.4) is 0 Å². The van der Waals surface area contributed by atoms with E-state index in [1.165, 1.54) is 4.90 Å². The summed E-state index contributed by atoms with van der Waals surface area (Å²) in [4.78, 5) is 14.6. The Bertz CT molecular complexity index is 1000. The Morgan fingerprint density at radius 2 is 2.00 bits per heavy atom. The van der Waals surface area contributed by atoms with Crippen molar-refractivity contribution >= 4 is 11.6 Å². The van der Waals surface area contributed by atoms with E-state index in [-0.39, 0.29) is 17.0 Å². The molecule has 1 aromatic heterocycles. The maximum absolute atomic E-state index is 13.3. The number of ether oxygens (including phenoxy) is 1. The third-order valence-corrected chi connectivity index (χ3v) is 4.98. The lowest BCUT2D eigenvalue weighted by Gasteiger charge is -2.27. The van der Waals surface area contributed by atoms with E-state index in [1.807, 2.05) is 27.1 Å². The lowest BCUT2D eigenvalue weighted by Crippen LogP contribution is -3.06. The van der Waals surface area contributed by atoms with Gasteiger partial charge in [-0.2, -0.15) is 5.26 Å². The van der Waals surface area contributed by atoms with E-state index in [4.69, 9.17) is 22.1 Å². The van der Waals surface area contributed by atoms with Crippen molar-refractivity contribution in [2.75, 3.05) is 20.6 Å². The van der Waals surface area contributed by atoms with Crippen molar-refractivity contribution in [1.82, 2.24) is 4.57 Å². The molecule has 3 rings (SSSR count). The zero-order chi connectivity index (χ0) is 19.7. The number of nitrogens with two attached hydrogens (primary N) is 1. The van der Waals surface area contributed by atoms with Crippen molar-refractivity contribution in [3.05, 3.63) is 74.0 Å². The number of hydrogen-bond donors (Lipinski definition) is 2. The van der Waals surface area contributed by atoms with Crippen LogP contribution in [0.2, 0.25) is 5.02 Å². The molecule has 27 heavy (non-hydrogen) atoms. The minimum absolute atomic E-state index is 0.0271. The number of allylic oxidation sites excluding steroid dienone is 1. The van der Waals surface area contributed by atoms with Crippen LogP contribution < -0.4 is 20.9 Å². The van der Waals surface area contributed by atoms with E-state index in [2.05, 4.69) is 6.07 Å². The van der Waals surface area contributed by atoms with Gasteiger partial charge < -0.3 is 19.9 Å². The summed E-state index contributed by atoms with van der Waals surface area (Å²) in [5, 5.41) is 10.2. The maximum atomic E-state index is 13.3. The largest absolute Gasteiger partial charge is 0.440 e. The number of nitriles is 1. The SMILES string of the molecule is Cc1cc2c(c(=O)n1CC[NH+](C)C)[C@H](c1ccc(Cl)cc1)C(C#N)=C(N)O2. The second-order valence-electron chi connectivity index (χ2n) is 6.95. The molecule has 2 heterocycles. The Kier molecular flexibility index (Phi) is 5.26. The van der Waals surface area contributed by atoms with Gasteiger partial charge in [0.1, 0.15) is 17.4 Å². The van der Waals surface area contributed by atoms with Gasteiger partial charge in [-0.1, -0.05) is 23.7 Å². The standard InChI is InChI=1S/C20H21ClN4O2/c1-12-10-16-18(20(26)25(12)9-8-24(2)3)17(15(11-22)19(23)27-16)13-4-6-14(21)7-5-13/h4-7,10,17H,8-9,23H2,1-3H3/p+1/t17-/m1/s1. The molecule has 0 fully saturated rings. The lowest BCUT2D eigenvalue weighted by molar-refractivity contribution is -0.858. The molecule has 7 heteroatoms. The molecule has 1 aliphatic heterocycles. The van der Waals surface area contributed by atoms with Gasteiger partial charge in [-0.3, -0.25) is 4.79 Å². The summed E-state index contributed by atoms with van der Waals surface area (Å²) in [6, 6.07) is 11.0. The van der Waals surface area contributed by atoms with Crippen molar-refractivity contribution < 1.29 is 9.64 Å². The molecule has 0 radical (unpaired) electrons. The molecule has 2 aromatic rings. The monoisotopic (exact) mass is 385 g/mol. The first-order valence-electron chi connectivity index (χ1n) is 8.70. The van der Waals surface area contributed by atoms with Crippen LogP contribution in [0.15, 0.2) is 46.6 Å². The summed E-state index contributed by atoms with van der Waals surface area (Å²) in [5.41, 5.74) is 8.07. The average molecular weight is 386 g/mol. The number of nitrogens with zero attached hydrogens (tertiary/aromatic N) is 2. The van der Waals surface area contributed by atoms with Crippen LogP contribution in [0.4, 0.5) is 0 Å². The first-order valence-corrected chi connectivity index (χ1v) is 9.07. The average Bonchev–Trinajstić information content (AvgIpc) is 2.61. The predicted molar refractivity (Wildman–Crippen MR) is 104 cm³/mol. The topological polar surface area (TPSA) is 85.5 Å². The fourth-order valence-electron chi connectivity index (χ4n) is 3.29. The molecule has 0 bridgehead atoms. The highest BCUT2D eigenvalue weighted by Crippen LogP contribution is 2.40. The van der Waals surface area contributed by atoms with Crippen molar-refractivity contribution in [2.24, 2.45) is 5.73 Å². The zero-order valence-corrected chi connectivity index (χ0v) is 16.3. The third kappa shape index (κ3) is 3.57. The van der Waals surface area contributed by atoms with Crippen LogP contribution in [0, 0.1) is 18.3 Å². The molecule has 0 spiro atoms. The summed E-state index contributed by atoms with van der Waals surface area (Å²) >= 11 is 6.00. The van der Waals surface area contributed by atoms with Gasteiger partial charge in [-0.25, -0.2) is 0 Å². The number of hydrogen-bond acceptors (Lipinski definition) is 4. The van der Waals surface area contributed by atoms with Gasteiger partial charge in [0.15, 0.2) is 0 Å². The molecule has 0 saturated heterocycles. The second-order valence-corrected chi connectivity index (χ2v) is 7.39. The highest BCUT2D eigenvalue weighted by Gasteiger charge is 2.34. The molecule has 0 unspecified atom stereocenters. The van der Waals surface area contributed by atoms with Gasteiger partial charge in [-0.15, -0.1) is 0 Å². The summed E-state index contributed by atoms with van der Waals surface area (Å²) in [6.07, 6.45) is 0. The zero-order valence-electron chi connectivity index (χ0n) is 15.5. The minimum atomic E-state index is -0.581. The molecule has 3 N–H and O–H groups in total. The van der Waals surface area contributed by atoms with E-state index in [1.54, 1.807) is 28.8 Å². The highest BCUT2D eigenvalue weighted by molar-refractivity contribution is 6.30. The first-order chi connectivity index (χ1) is 12.8. The summed E-state index contributed by atoms with van der Waals surface area (Å²) in [6.45, 7) is 3.25. The fourth-order valence-corrected chi connectivity index (χ4v) is 3.41. The number of halogens is 1. The van der Waals surface area contributed by atoms with E-state index in [0.717, 1.165) is 17.8 Å². The number of aromatic nitrogens is 1. The fraction of sp³-hybridized carbons (Fsp3) is 0.300. The molecule has 1 aliphatic rings. The van der Waals surface area contributed by atoms with Crippen LogP contribution in [-0.2, 0) is 6.54 Å². The smallest absolute Gasteiger partial charge is 0.258 e. The van der Waals surface area contributed by atoms with Gasteiger partial charge in [0, 0.05) is 16.8 Å². The first kappa shape index (κ1) is 19.0. The number of nitrogens with one attached hydrogen (secondary N) is 1. The van der Waals surface area contributed by atoms with E-state index in [0.29, 0.717) is 22.9 Å². The Labute approximate surface area is 163 Å². The molecule has 0 amide bonds. The van der Waals surface area contributed by atoms with Crippen LogP contribution in [0.1, 0.15) is 22.7 Å². The molecule has 6 nitrogen and oxygen atoms in total. The quantitative estimate of drug-likeness (QED) is 0.827. The van der Waals surface area contributed by atoms with Crippen molar-refractivity contribution in [2.45, 2.75) is 19.4 Å². The Balaban J connectivity index is 2.22. The summed E-state index contributed by atoms with van der Waals surface area (Å²) in [7, 11) is 4.07. The molecular formula is C20H22ClN4O2+. The van der Waals surface area contributed by atoms with Gasteiger partial charge in [-0.05, 0) is 24.6 Å². The van der Waals surface area contributed by atoms with E-state index >= 15 is 0 Å². The van der Waals surface area contributed by atoms with Gasteiger partial charge in [0.05, 0.1) is 38.7 Å². The molecule has 0 aliphatic carbocycles. The van der Waals surface area contributed by atoms with E-state index < -0.39 is 5.92 Å². The molecule has 1 atom stereocenters. The molecule has 1 aromatic carbocycles. The minimum Gasteiger partial charge on any atom is -0.440 e. The number of fused-ring (bicyclic) bond motifs is 1. The van der Waals surface area contributed by atoms with Crippen LogP contribution in [0.5, 0.6) is 5.75 Å². The summed E-state index contributed by atoms with van der Waals surface area (Å²) in [5.74, 6) is -0.149. The number of rotatable bonds is 4. The van der Waals surface area contributed by atoms with E-state index in [9.17, 15) is 10.1 Å². The molecule has 0 saturated carbocycles. The van der Waals surface area contributed by atoms with Crippen molar-refractivity contribution in [1.29, 1.82) is 5.26 Å². The third-order valence-electron chi connectivity index (χ3n) is 4.73. The second kappa shape index (κ2) is 7.47. The Morgan fingerprint density at radius 3 is 2.59 bits per heavy atom. The maximum Gasteiger partial charge on any atom is 0.258 e. The Hall–Kier alpha value is -2.75. The van der Waals surface area contributed by atoms with Gasteiger partial charge in [0.25, 0.3) is 5.56 Å². The normalized spacial score (nSPS) is 16.1.